The lowest BCUT2D eigenvalue weighted by Crippen LogP contribution is -2.10. The van der Waals surface area contributed by atoms with Crippen LogP contribution in [0.2, 0.25) is 0 Å². The maximum atomic E-state index is 10.4. The van der Waals surface area contributed by atoms with Gasteiger partial charge >= 0.3 is 5.97 Å². The molecule has 1 aromatic rings. The minimum atomic E-state index is -0.795. The van der Waals surface area contributed by atoms with Gasteiger partial charge in [-0.2, -0.15) is 0 Å². The van der Waals surface area contributed by atoms with Crippen molar-refractivity contribution in [2.24, 2.45) is 5.84 Å². The van der Waals surface area contributed by atoms with Crippen LogP contribution in [0.4, 0.5) is 5.82 Å². The van der Waals surface area contributed by atoms with Crippen molar-refractivity contribution >= 4 is 17.4 Å². The third-order valence-corrected chi connectivity index (χ3v) is 2.19. The molecule has 4 N–H and O–H groups in total. The Hall–Kier alpha value is -1.88. The number of carboxylic acid groups (broad SMARTS) is 1. The van der Waals surface area contributed by atoms with Crippen LogP contribution in [0.15, 0.2) is 24.9 Å². The highest BCUT2D eigenvalue weighted by Gasteiger charge is 2.06. The first-order chi connectivity index (χ1) is 7.65. The summed E-state index contributed by atoms with van der Waals surface area (Å²) in [5.74, 6) is 5.08. The van der Waals surface area contributed by atoms with Gasteiger partial charge < -0.3 is 10.5 Å². The van der Waals surface area contributed by atoms with Gasteiger partial charge in [-0.15, -0.1) is 0 Å². The molecule has 0 aliphatic rings. The number of nitrogen functional groups attached to an aromatic ring is 1. The first-order valence-electron chi connectivity index (χ1n) is 4.96. The fourth-order valence-electron chi connectivity index (χ4n) is 1.39. The lowest BCUT2D eigenvalue weighted by atomic mass is 10.0. The van der Waals surface area contributed by atoms with Gasteiger partial charge in [-0.3, -0.25) is 4.79 Å². The van der Waals surface area contributed by atoms with Crippen molar-refractivity contribution < 1.29 is 9.90 Å². The highest BCUT2D eigenvalue weighted by molar-refractivity contribution is 5.73. The van der Waals surface area contributed by atoms with Gasteiger partial charge in [-0.1, -0.05) is 6.58 Å². The molecule has 0 saturated carbocycles. The molecule has 5 nitrogen and oxygen atoms in total. The summed E-state index contributed by atoms with van der Waals surface area (Å²) in [5.41, 5.74) is 4.15. The Bertz CT molecular complexity index is 391. The molecule has 0 radical (unpaired) electrons. The Morgan fingerprint density at radius 3 is 2.94 bits per heavy atom. The van der Waals surface area contributed by atoms with Crippen LogP contribution in [0.5, 0.6) is 0 Å². The van der Waals surface area contributed by atoms with Gasteiger partial charge in [0.1, 0.15) is 5.82 Å². The molecule has 1 rings (SSSR count). The molecule has 0 spiro atoms. The zero-order valence-corrected chi connectivity index (χ0v) is 8.94. The van der Waals surface area contributed by atoms with E-state index in [9.17, 15) is 4.79 Å². The van der Waals surface area contributed by atoms with E-state index in [0.29, 0.717) is 18.7 Å². The minimum Gasteiger partial charge on any atom is -0.481 e. The Morgan fingerprint density at radius 2 is 2.31 bits per heavy atom. The molecular formula is C11H15N3O2. The number of aliphatic carboxylic acids is 1. The van der Waals surface area contributed by atoms with Crippen molar-refractivity contribution in [2.75, 3.05) is 5.43 Å². The van der Waals surface area contributed by atoms with Crippen LogP contribution in [0.1, 0.15) is 24.8 Å². The van der Waals surface area contributed by atoms with E-state index in [1.165, 1.54) is 0 Å². The smallest absolute Gasteiger partial charge is 0.303 e. The van der Waals surface area contributed by atoms with Crippen LogP contribution in [0, 0.1) is 0 Å². The van der Waals surface area contributed by atoms with Crippen LogP contribution < -0.4 is 11.3 Å². The number of anilines is 1. The highest BCUT2D eigenvalue weighted by atomic mass is 16.4. The van der Waals surface area contributed by atoms with Gasteiger partial charge in [0.05, 0.1) is 0 Å². The number of carboxylic acids is 1. The van der Waals surface area contributed by atoms with Gasteiger partial charge in [0.25, 0.3) is 0 Å². The fraction of sp³-hybridized carbons (Fsp3) is 0.273. The first kappa shape index (κ1) is 12.2. The zero-order chi connectivity index (χ0) is 12.0. The summed E-state index contributed by atoms with van der Waals surface area (Å²) in [6, 6.07) is 3.64. The van der Waals surface area contributed by atoms with E-state index < -0.39 is 5.97 Å². The standard InChI is InChI=1S/C11H15N3O2/c1-8(4-2-6-10(15)16)9-5-3-7-13-11(9)14-12/h3,5,7H,1-2,4,6,12H2,(H,13,14)(H,15,16). The quantitative estimate of drug-likeness (QED) is 0.502. The molecule has 0 fully saturated rings. The predicted molar refractivity (Wildman–Crippen MR) is 62.6 cm³/mol. The summed E-state index contributed by atoms with van der Waals surface area (Å²) in [6.07, 6.45) is 2.95. The monoisotopic (exact) mass is 221 g/mol. The Morgan fingerprint density at radius 1 is 1.56 bits per heavy atom. The molecule has 16 heavy (non-hydrogen) atoms. The number of pyridine rings is 1. The fourth-order valence-corrected chi connectivity index (χ4v) is 1.39. The number of nitrogens with one attached hydrogen (secondary N) is 1. The van der Waals surface area contributed by atoms with Crippen molar-refractivity contribution in [3.05, 3.63) is 30.5 Å². The molecular weight excluding hydrogens is 206 g/mol. The van der Waals surface area contributed by atoms with E-state index >= 15 is 0 Å². The van der Waals surface area contributed by atoms with E-state index in [2.05, 4.69) is 17.0 Å². The minimum absolute atomic E-state index is 0.144. The average Bonchev–Trinajstić information content (AvgIpc) is 2.28. The SMILES string of the molecule is C=C(CCCC(=O)O)c1cccnc1NN. The summed E-state index contributed by atoms with van der Waals surface area (Å²) < 4.78 is 0. The Labute approximate surface area is 94.0 Å². The molecule has 0 aliphatic carbocycles. The molecule has 0 amide bonds. The summed E-state index contributed by atoms with van der Waals surface area (Å²) in [6.45, 7) is 3.90. The molecule has 0 aliphatic heterocycles. The van der Waals surface area contributed by atoms with Crippen molar-refractivity contribution in [3.63, 3.8) is 0 Å². The van der Waals surface area contributed by atoms with Crippen LogP contribution in [0.3, 0.4) is 0 Å². The summed E-state index contributed by atoms with van der Waals surface area (Å²) in [5, 5.41) is 8.52. The Balaban J connectivity index is 2.62. The lowest BCUT2D eigenvalue weighted by Gasteiger charge is -2.09. The van der Waals surface area contributed by atoms with Gasteiger partial charge in [-0.05, 0) is 30.5 Å². The topological polar surface area (TPSA) is 88.2 Å². The molecule has 0 bridgehead atoms. The molecule has 1 heterocycles. The zero-order valence-electron chi connectivity index (χ0n) is 8.94. The predicted octanol–water partition coefficient (Wildman–Crippen LogP) is 1.64. The van der Waals surface area contributed by atoms with E-state index in [0.717, 1.165) is 11.1 Å². The second-order valence-electron chi connectivity index (χ2n) is 3.39. The number of aromatic nitrogens is 1. The third kappa shape index (κ3) is 3.36. The lowest BCUT2D eigenvalue weighted by molar-refractivity contribution is -0.137. The number of nitrogens with zero attached hydrogens (tertiary/aromatic N) is 1. The Kier molecular flexibility index (Phi) is 4.47. The number of allylic oxidation sites excluding steroid dienone is 1. The third-order valence-electron chi connectivity index (χ3n) is 2.19. The van der Waals surface area contributed by atoms with Gasteiger partial charge in [0.2, 0.25) is 0 Å². The maximum Gasteiger partial charge on any atom is 0.303 e. The molecule has 5 heteroatoms. The number of hydrazine groups is 1. The number of nitrogens with two attached hydrogens (primary N) is 1. The number of carbonyl (C=O) groups is 1. The van der Waals surface area contributed by atoms with E-state index in [1.807, 2.05) is 6.07 Å². The first-order valence-corrected chi connectivity index (χ1v) is 4.96. The highest BCUT2D eigenvalue weighted by Crippen LogP contribution is 2.23. The number of rotatable bonds is 6. The number of hydrogen-bond donors (Lipinski definition) is 3. The van der Waals surface area contributed by atoms with Crippen LogP contribution in [-0.4, -0.2) is 16.1 Å². The van der Waals surface area contributed by atoms with Gasteiger partial charge in [0, 0.05) is 18.2 Å². The van der Waals surface area contributed by atoms with E-state index in [4.69, 9.17) is 10.9 Å². The number of hydrogen-bond acceptors (Lipinski definition) is 4. The maximum absolute atomic E-state index is 10.4. The van der Waals surface area contributed by atoms with Crippen molar-refractivity contribution in [1.29, 1.82) is 0 Å². The van der Waals surface area contributed by atoms with Crippen LogP contribution in [0.25, 0.3) is 5.57 Å². The molecule has 0 saturated heterocycles. The van der Waals surface area contributed by atoms with Crippen LogP contribution in [-0.2, 0) is 4.79 Å². The summed E-state index contributed by atoms with van der Waals surface area (Å²) >= 11 is 0. The van der Waals surface area contributed by atoms with Crippen LogP contribution >= 0.6 is 0 Å². The van der Waals surface area contributed by atoms with Gasteiger partial charge in [-0.25, -0.2) is 10.8 Å². The van der Waals surface area contributed by atoms with Crippen molar-refractivity contribution in [3.8, 4) is 0 Å². The van der Waals surface area contributed by atoms with Crippen molar-refractivity contribution in [2.45, 2.75) is 19.3 Å². The normalized spacial score (nSPS) is 9.81. The van der Waals surface area contributed by atoms with E-state index in [-0.39, 0.29) is 6.42 Å². The van der Waals surface area contributed by atoms with E-state index in [1.54, 1.807) is 12.3 Å². The molecule has 1 aromatic heterocycles. The second-order valence-corrected chi connectivity index (χ2v) is 3.39. The molecule has 0 aromatic carbocycles. The molecule has 0 atom stereocenters. The second kappa shape index (κ2) is 5.87. The average molecular weight is 221 g/mol. The largest absolute Gasteiger partial charge is 0.481 e. The van der Waals surface area contributed by atoms with Crippen molar-refractivity contribution in [1.82, 2.24) is 4.98 Å². The molecule has 0 unspecified atom stereocenters. The van der Waals surface area contributed by atoms with Gasteiger partial charge in [0.15, 0.2) is 0 Å². The molecule has 86 valence electrons. The summed E-state index contributed by atoms with van der Waals surface area (Å²) in [7, 11) is 0. The summed E-state index contributed by atoms with van der Waals surface area (Å²) in [4.78, 5) is 14.4.